The molecule has 2 nitrogen and oxygen atoms in total. The predicted octanol–water partition coefficient (Wildman–Crippen LogP) is 5.80. The summed E-state index contributed by atoms with van der Waals surface area (Å²) < 4.78 is 0. The first kappa shape index (κ1) is 19.3. The summed E-state index contributed by atoms with van der Waals surface area (Å²) in [5.74, 6) is 0. The smallest absolute Gasteiger partial charge is 0.0930 e. The summed E-state index contributed by atoms with van der Waals surface area (Å²) in [7, 11) is 0. The first-order chi connectivity index (χ1) is 10.2. The molecule has 0 saturated heterocycles. The van der Waals surface area contributed by atoms with Gasteiger partial charge in [-0.1, -0.05) is 60.3 Å². The molecule has 0 radical (unpaired) electrons. The van der Waals surface area contributed by atoms with Crippen molar-refractivity contribution < 1.29 is 0 Å². The number of nitrogens with zero attached hydrogens (tertiary/aromatic N) is 2. The van der Waals surface area contributed by atoms with Gasteiger partial charge >= 0.3 is 0 Å². The van der Waals surface area contributed by atoms with Gasteiger partial charge in [-0.15, -0.1) is 0 Å². The second kappa shape index (κ2) is 9.28. The fraction of sp³-hybridized carbons (Fsp3) is 0.474. The molecule has 21 heavy (non-hydrogen) atoms. The van der Waals surface area contributed by atoms with Gasteiger partial charge in [-0.3, -0.25) is 9.98 Å². The van der Waals surface area contributed by atoms with Gasteiger partial charge in [-0.05, 0) is 30.5 Å². The highest BCUT2D eigenvalue weighted by Gasteiger charge is 2.39. The Hall–Kier alpha value is -1.70. The van der Waals surface area contributed by atoms with E-state index in [0.29, 0.717) is 0 Å². The Morgan fingerprint density at radius 3 is 2.38 bits per heavy atom. The van der Waals surface area contributed by atoms with Crippen molar-refractivity contribution in [3.05, 3.63) is 47.8 Å². The third-order valence-electron chi connectivity index (χ3n) is 3.65. The molecule has 0 aromatic carbocycles. The number of hydrogen-bond donors (Lipinski definition) is 0. The molecule has 0 aliphatic heterocycles. The summed E-state index contributed by atoms with van der Waals surface area (Å²) in [4.78, 5) is 8.96. The van der Waals surface area contributed by atoms with Gasteiger partial charge in [0, 0.05) is 17.8 Å². The lowest BCUT2D eigenvalue weighted by molar-refractivity contribution is 0.558. The molecule has 1 aliphatic rings. The Kier molecular flexibility index (Phi) is 8.52. The molecule has 0 fully saturated rings. The minimum Gasteiger partial charge on any atom is -0.259 e. The molecule has 1 aromatic heterocycles. The fourth-order valence-corrected chi connectivity index (χ4v) is 2.54. The molecule has 1 atom stereocenters. The summed E-state index contributed by atoms with van der Waals surface area (Å²) in [5, 5.41) is 0. The fourth-order valence-electron chi connectivity index (χ4n) is 2.54. The largest absolute Gasteiger partial charge is 0.259 e. The Morgan fingerprint density at radius 1 is 1.29 bits per heavy atom. The van der Waals surface area contributed by atoms with Crippen LogP contribution in [0.4, 0.5) is 0 Å². The number of aromatic nitrogens is 1. The SMILES string of the molecule is C=CC1=C(N=CC)c2ncccc2C1(C)CC.CC.CC. The van der Waals surface area contributed by atoms with Gasteiger partial charge in [0.15, 0.2) is 0 Å². The molecule has 1 heterocycles. The number of hydrogen-bond acceptors (Lipinski definition) is 2. The van der Waals surface area contributed by atoms with Gasteiger partial charge < -0.3 is 0 Å². The lowest BCUT2D eigenvalue weighted by atomic mass is 9.77. The first-order valence-electron chi connectivity index (χ1n) is 8.00. The molecule has 1 unspecified atom stereocenters. The van der Waals surface area contributed by atoms with E-state index in [1.165, 1.54) is 11.1 Å². The van der Waals surface area contributed by atoms with Crippen molar-refractivity contribution in [2.75, 3.05) is 0 Å². The van der Waals surface area contributed by atoms with Gasteiger partial charge in [0.2, 0.25) is 0 Å². The van der Waals surface area contributed by atoms with Crippen LogP contribution in [0, 0.1) is 0 Å². The van der Waals surface area contributed by atoms with Crippen LogP contribution in [-0.2, 0) is 5.41 Å². The van der Waals surface area contributed by atoms with Crippen molar-refractivity contribution in [3.63, 3.8) is 0 Å². The van der Waals surface area contributed by atoms with Gasteiger partial charge in [0.05, 0.1) is 11.4 Å². The first-order valence-corrected chi connectivity index (χ1v) is 8.00. The van der Waals surface area contributed by atoms with Gasteiger partial charge in [-0.25, -0.2) is 0 Å². The van der Waals surface area contributed by atoms with Gasteiger partial charge in [-0.2, -0.15) is 0 Å². The molecule has 2 rings (SSSR count). The van der Waals surface area contributed by atoms with Crippen LogP contribution in [0.5, 0.6) is 0 Å². The highest BCUT2D eigenvalue weighted by molar-refractivity contribution is 5.83. The van der Waals surface area contributed by atoms with E-state index in [2.05, 4.69) is 36.5 Å². The van der Waals surface area contributed by atoms with Crippen molar-refractivity contribution >= 4 is 11.9 Å². The van der Waals surface area contributed by atoms with E-state index in [1.54, 1.807) is 0 Å². The maximum Gasteiger partial charge on any atom is 0.0930 e. The van der Waals surface area contributed by atoms with Crippen LogP contribution in [0.3, 0.4) is 0 Å². The molecule has 1 aliphatic carbocycles. The third kappa shape index (κ3) is 3.49. The highest BCUT2D eigenvalue weighted by atomic mass is 14.8. The summed E-state index contributed by atoms with van der Waals surface area (Å²) >= 11 is 0. The average Bonchev–Trinajstić information content (AvgIpc) is 2.81. The Bertz CT molecular complexity index is 512. The van der Waals surface area contributed by atoms with Crippen LogP contribution < -0.4 is 0 Å². The van der Waals surface area contributed by atoms with E-state index >= 15 is 0 Å². The molecule has 0 spiro atoms. The average molecular weight is 286 g/mol. The molecule has 2 heteroatoms. The van der Waals surface area contributed by atoms with E-state index in [-0.39, 0.29) is 5.41 Å². The minimum atomic E-state index is -0.00676. The topological polar surface area (TPSA) is 25.2 Å². The molecule has 0 amide bonds. The van der Waals surface area contributed by atoms with Crippen LogP contribution in [0.25, 0.3) is 5.70 Å². The van der Waals surface area contributed by atoms with Crippen LogP contribution >= 0.6 is 0 Å². The Balaban J connectivity index is 0.000000921. The van der Waals surface area contributed by atoms with Gasteiger partial charge in [0.25, 0.3) is 0 Å². The zero-order chi connectivity index (χ0) is 16.5. The van der Waals surface area contributed by atoms with Crippen molar-refractivity contribution in [1.29, 1.82) is 0 Å². The van der Waals surface area contributed by atoms with E-state index < -0.39 is 0 Å². The summed E-state index contributed by atoms with van der Waals surface area (Å²) in [6.07, 6.45) is 6.59. The number of allylic oxidation sites excluding steroid dienone is 2. The van der Waals surface area contributed by atoms with Gasteiger partial charge in [0.1, 0.15) is 0 Å². The molecule has 0 bridgehead atoms. The molecular formula is C19H30N2. The third-order valence-corrected chi connectivity index (χ3v) is 3.65. The van der Waals surface area contributed by atoms with Crippen LogP contribution in [-0.4, -0.2) is 11.2 Å². The second-order valence-corrected chi connectivity index (χ2v) is 4.44. The standard InChI is InChI=1S/C15H18N2.2C2H6/c1-5-11-13(16-7-3)14-12(9-8-10-17-14)15(11,4)6-2;2*1-2/h5,7-10H,1,6H2,2-4H3;2*1-2H3. The van der Waals surface area contributed by atoms with Crippen LogP contribution in [0.15, 0.2) is 41.6 Å². The minimum absolute atomic E-state index is 0.00676. The van der Waals surface area contributed by atoms with Crippen molar-refractivity contribution in [2.24, 2.45) is 4.99 Å². The number of pyridine rings is 1. The maximum atomic E-state index is 4.48. The Morgan fingerprint density at radius 2 is 1.90 bits per heavy atom. The van der Waals surface area contributed by atoms with E-state index in [9.17, 15) is 0 Å². The quantitative estimate of drug-likeness (QED) is 0.644. The lowest BCUT2D eigenvalue weighted by Gasteiger charge is -2.25. The van der Waals surface area contributed by atoms with Crippen molar-refractivity contribution in [3.8, 4) is 0 Å². The van der Waals surface area contributed by atoms with Crippen LogP contribution in [0.1, 0.15) is 66.1 Å². The highest BCUT2D eigenvalue weighted by Crippen LogP contribution is 2.48. The molecule has 0 N–H and O–H groups in total. The lowest BCUT2D eigenvalue weighted by Crippen LogP contribution is -2.20. The second-order valence-electron chi connectivity index (χ2n) is 4.44. The summed E-state index contributed by atoms with van der Waals surface area (Å²) in [5.41, 5.74) is 4.42. The maximum absolute atomic E-state index is 4.48. The van der Waals surface area contributed by atoms with Crippen molar-refractivity contribution in [1.82, 2.24) is 4.98 Å². The number of rotatable bonds is 3. The molecule has 1 aromatic rings. The summed E-state index contributed by atoms with van der Waals surface area (Å²) in [6.45, 7) is 18.3. The Labute approximate surface area is 130 Å². The monoisotopic (exact) mass is 286 g/mol. The molecule has 116 valence electrons. The van der Waals surface area contributed by atoms with E-state index in [1.807, 2.05) is 59.2 Å². The van der Waals surface area contributed by atoms with E-state index in [0.717, 1.165) is 17.8 Å². The van der Waals surface area contributed by atoms with E-state index in [4.69, 9.17) is 0 Å². The molecular weight excluding hydrogens is 256 g/mol. The number of fused-ring (bicyclic) bond motifs is 1. The summed E-state index contributed by atoms with van der Waals surface area (Å²) in [6, 6.07) is 4.14. The zero-order valence-electron chi connectivity index (χ0n) is 14.7. The normalized spacial score (nSPS) is 19.4. The van der Waals surface area contributed by atoms with Crippen molar-refractivity contribution in [2.45, 2.75) is 60.3 Å². The molecule has 0 saturated carbocycles. The predicted molar refractivity (Wildman–Crippen MR) is 95.9 cm³/mol. The number of aliphatic imine (C=N–C) groups is 1. The van der Waals surface area contributed by atoms with Crippen LogP contribution in [0.2, 0.25) is 0 Å². The zero-order valence-corrected chi connectivity index (χ0v) is 14.7.